The molecule has 1 N–H and O–H groups in total. The number of halogens is 2. The summed E-state index contributed by atoms with van der Waals surface area (Å²) in [6.07, 6.45) is 3.33. The summed E-state index contributed by atoms with van der Waals surface area (Å²) in [6.45, 7) is 3.30. The highest BCUT2D eigenvalue weighted by Crippen LogP contribution is 2.23. The van der Waals surface area contributed by atoms with Crippen molar-refractivity contribution in [1.29, 1.82) is 0 Å². The van der Waals surface area contributed by atoms with E-state index in [1.165, 1.54) is 18.9 Å². The SMILES string of the molecule is CC1(Cc2cccc(F)c2)CCCN1.Cl. The van der Waals surface area contributed by atoms with Gasteiger partial charge in [-0.05, 0) is 50.4 Å². The van der Waals surface area contributed by atoms with Crippen molar-refractivity contribution in [2.75, 3.05) is 6.54 Å². The lowest BCUT2D eigenvalue weighted by Crippen LogP contribution is -2.38. The number of rotatable bonds is 2. The molecular formula is C12H17ClFN. The Morgan fingerprint density at radius 1 is 1.47 bits per heavy atom. The first-order valence-electron chi connectivity index (χ1n) is 5.17. The molecule has 0 bridgehead atoms. The maximum absolute atomic E-state index is 12.9. The lowest BCUT2D eigenvalue weighted by atomic mass is 9.91. The fourth-order valence-electron chi connectivity index (χ4n) is 2.21. The average Bonchev–Trinajstić information content (AvgIpc) is 2.51. The van der Waals surface area contributed by atoms with Crippen LogP contribution in [-0.2, 0) is 6.42 Å². The van der Waals surface area contributed by atoms with Crippen LogP contribution in [0.25, 0.3) is 0 Å². The van der Waals surface area contributed by atoms with Crippen LogP contribution in [0.4, 0.5) is 4.39 Å². The Kier molecular flexibility index (Phi) is 4.12. The van der Waals surface area contributed by atoms with E-state index in [0.29, 0.717) is 0 Å². The topological polar surface area (TPSA) is 12.0 Å². The third-order valence-corrected chi connectivity index (χ3v) is 2.94. The molecule has 1 heterocycles. The van der Waals surface area contributed by atoms with Gasteiger partial charge in [-0.3, -0.25) is 0 Å². The Bertz CT molecular complexity index is 321. The second-order valence-corrected chi connectivity index (χ2v) is 4.40. The summed E-state index contributed by atoms with van der Waals surface area (Å²) in [4.78, 5) is 0. The Labute approximate surface area is 96.5 Å². The summed E-state index contributed by atoms with van der Waals surface area (Å²) in [5, 5.41) is 3.48. The first-order chi connectivity index (χ1) is 6.68. The Morgan fingerprint density at radius 2 is 2.27 bits per heavy atom. The molecule has 0 radical (unpaired) electrons. The molecule has 0 aromatic heterocycles. The molecule has 1 aromatic rings. The number of hydrogen-bond acceptors (Lipinski definition) is 1. The van der Waals surface area contributed by atoms with Crippen LogP contribution in [0.15, 0.2) is 24.3 Å². The molecule has 0 saturated carbocycles. The largest absolute Gasteiger partial charge is 0.311 e. The van der Waals surface area contributed by atoms with Gasteiger partial charge in [-0.25, -0.2) is 4.39 Å². The van der Waals surface area contributed by atoms with E-state index in [-0.39, 0.29) is 23.8 Å². The van der Waals surface area contributed by atoms with E-state index < -0.39 is 0 Å². The van der Waals surface area contributed by atoms with Crippen LogP contribution in [0.3, 0.4) is 0 Å². The van der Waals surface area contributed by atoms with E-state index in [1.807, 2.05) is 6.07 Å². The Hall–Kier alpha value is -0.600. The number of nitrogens with one attached hydrogen (secondary N) is 1. The summed E-state index contributed by atoms with van der Waals surface area (Å²) in [6, 6.07) is 6.90. The zero-order chi connectivity index (χ0) is 10.0. The Balaban J connectivity index is 0.00000112. The van der Waals surface area contributed by atoms with Crippen LogP contribution in [0.1, 0.15) is 25.3 Å². The lowest BCUT2D eigenvalue weighted by molar-refractivity contribution is 0.412. The first kappa shape index (κ1) is 12.5. The fraction of sp³-hybridized carbons (Fsp3) is 0.500. The highest BCUT2D eigenvalue weighted by atomic mass is 35.5. The minimum atomic E-state index is -0.135. The molecule has 0 amide bonds. The van der Waals surface area contributed by atoms with Crippen molar-refractivity contribution in [3.63, 3.8) is 0 Å². The minimum absolute atomic E-state index is 0. The molecule has 1 saturated heterocycles. The molecule has 0 spiro atoms. The van der Waals surface area contributed by atoms with Gasteiger partial charge in [0.05, 0.1) is 0 Å². The van der Waals surface area contributed by atoms with Gasteiger partial charge in [0.25, 0.3) is 0 Å². The zero-order valence-corrected chi connectivity index (χ0v) is 9.74. The molecule has 1 unspecified atom stereocenters. The van der Waals surface area contributed by atoms with E-state index in [9.17, 15) is 4.39 Å². The van der Waals surface area contributed by atoms with Gasteiger partial charge in [0, 0.05) is 5.54 Å². The summed E-state index contributed by atoms with van der Waals surface area (Å²) < 4.78 is 12.9. The molecule has 0 aliphatic carbocycles. The Morgan fingerprint density at radius 3 is 2.87 bits per heavy atom. The number of hydrogen-bond donors (Lipinski definition) is 1. The van der Waals surface area contributed by atoms with E-state index in [2.05, 4.69) is 12.2 Å². The average molecular weight is 230 g/mol. The zero-order valence-electron chi connectivity index (χ0n) is 8.92. The van der Waals surface area contributed by atoms with Gasteiger partial charge in [0.15, 0.2) is 0 Å². The predicted octanol–water partition coefficient (Wildman–Crippen LogP) is 2.93. The third-order valence-electron chi connectivity index (χ3n) is 2.94. The van der Waals surface area contributed by atoms with Gasteiger partial charge >= 0.3 is 0 Å². The van der Waals surface area contributed by atoms with Crippen molar-refractivity contribution in [1.82, 2.24) is 5.32 Å². The van der Waals surface area contributed by atoms with Crippen molar-refractivity contribution in [2.24, 2.45) is 0 Å². The van der Waals surface area contributed by atoms with E-state index in [4.69, 9.17) is 0 Å². The van der Waals surface area contributed by atoms with Crippen molar-refractivity contribution in [3.05, 3.63) is 35.6 Å². The molecule has 84 valence electrons. The van der Waals surface area contributed by atoms with Crippen molar-refractivity contribution >= 4 is 12.4 Å². The van der Waals surface area contributed by atoms with Crippen LogP contribution in [-0.4, -0.2) is 12.1 Å². The second-order valence-electron chi connectivity index (χ2n) is 4.40. The maximum Gasteiger partial charge on any atom is 0.123 e. The van der Waals surface area contributed by atoms with Crippen LogP contribution in [0.2, 0.25) is 0 Å². The van der Waals surface area contributed by atoms with Crippen LogP contribution in [0, 0.1) is 5.82 Å². The fourth-order valence-corrected chi connectivity index (χ4v) is 2.21. The molecule has 1 aromatic carbocycles. The highest BCUT2D eigenvalue weighted by molar-refractivity contribution is 5.85. The standard InChI is InChI=1S/C12H16FN.ClH/c1-12(6-3-7-14-12)9-10-4-2-5-11(13)8-10;/h2,4-5,8,14H,3,6-7,9H2,1H3;1H. The normalized spacial score (nSPS) is 24.9. The smallest absolute Gasteiger partial charge is 0.123 e. The molecular weight excluding hydrogens is 213 g/mol. The lowest BCUT2D eigenvalue weighted by Gasteiger charge is -2.24. The molecule has 1 fully saturated rings. The first-order valence-corrected chi connectivity index (χ1v) is 5.17. The van der Waals surface area contributed by atoms with Crippen LogP contribution < -0.4 is 5.32 Å². The van der Waals surface area contributed by atoms with Gasteiger partial charge in [-0.1, -0.05) is 12.1 Å². The van der Waals surface area contributed by atoms with E-state index in [0.717, 1.165) is 18.5 Å². The van der Waals surface area contributed by atoms with Gasteiger partial charge in [-0.2, -0.15) is 0 Å². The maximum atomic E-state index is 12.9. The van der Waals surface area contributed by atoms with Gasteiger partial charge in [0.2, 0.25) is 0 Å². The summed E-state index contributed by atoms with van der Waals surface area (Å²) in [7, 11) is 0. The van der Waals surface area contributed by atoms with Crippen molar-refractivity contribution in [2.45, 2.75) is 31.7 Å². The monoisotopic (exact) mass is 229 g/mol. The third kappa shape index (κ3) is 3.18. The summed E-state index contributed by atoms with van der Waals surface area (Å²) in [5.74, 6) is -0.135. The summed E-state index contributed by atoms with van der Waals surface area (Å²) in [5.41, 5.74) is 1.26. The van der Waals surface area contributed by atoms with Gasteiger partial charge in [-0.15, -0.1) is 12.4 Å². The molecule has 1 aliphatic heterocycles. The van der Waals surface area contributed by atoms with Crippen LogP contribution >= 0.6 is 12.4 Å². The molecule has 3 heteroatoms. The van der Waals surface area contributed by atoms with E-state index >= 15 is 0 Å². The second kappa shape index (κ2) is 4.95. The van der Waals surface area contributed by atoms with Crippen LogP contribution in [0.5, 0.6) is 0 Å². The van der Waals surface area contributed by atoms with E-state index in [1.54, 1.807) is 12.1 Å². The summed E-state index contributed by atoms with van der Waals surface area (Å²) >= 11 is 0. The molecule has 15 heavy (non-hydrogen) atoms. The van der Waals surface area contributed by atoms with Gasteiger partial charge in [0.1, 0.15) is 5.82 Å². The van der Waals surface area contributed by atoms with Crippen molar-refractivity contribution < 1.29 is 4.39 Å². The highest BCUT2D eigenvalue weighted by Gasteiger charge is 2.27. The van der Waals surface area contributed by atoms with Gasteiger partial charge < -0.3 is 5.32 Å². The van der Waals surface area contributed by atoms with Crippen molar-refractivity contribution in [3.8, 4) is 0 Å². The minimum Gasteiger partial charge on any atom is -0.311 e. The molecule has 1 atom stereocenters. The quantitative estimate of drug-likeness (QED) is 0.822. The molecule has 2 rings (SSSR count). The number of benzene rings is 1. The molecule has 1 aliphatic rings. The predicted molar refractivity (Wildman–Crippen MR) is 63.0 cm³/mol. The molecule has 1 nitrogen and oxygen atoms in total.